The van der Waals surface area contributed by atoms with Crippen molar-refractivity contribution in [2.75, 3.05) is 0 Å². The van der Waals surface area contributed by atoms with E-state index < -0.39 is 24.6 Å². The summed E-state index contributed by atoms with van der Waals surface area (Å²) in [6.07, 6.45) is 2.64. The monoisotopic (exact) mass is 382 g/mol. The van der Waals surface area contributed by atoms with Crippen molar-refractivity contribution in [3.63, 3.8) is 0 Å². The van der Waals surface area contributed by atoms with Crippen LogP contribution in [0.5, 0.6) is 0 Å². The lowest BCUT2D eigenvalue weighted by atomic mass is 9.77. The van der Waals surface area contributed by atoms with Gasteiger partial charge in [-0.15, -0.1) is 0 Å². The Labute approximate surface area is 166 Å². The standard InChI is InChI=1S/C22H15BN2O4/c26-19-9-18(22-24-10-13(11-25-22)23(28)29)20-16-6-5-12-3-1-2-4-14(12)15(16)7-8-17(20)21(19)27/h1-8,10-11,18,28-29H,9H2. The van der Waals surface area contributed by atoms with E-state index in [0.29, 0.717) is 11.4 Å². The second-order valence-electron chi connectivity index (χ2n) is 7.17. The normalized spacial score (nSPS) is 16.3. The second kappa shape index (κ2) is 6.58. The van der Waals surface area contributed by atoms with E-state index in [9.17, 15) is 19.6 Å². The number of ketones is 2. The molecule has 1 heterocycles. The topological polar surface area (TPSA) is 100 Å². The first-order valence-electron chi connectivity index (χ1n) is 9.24. The Morgan fingerprint density at radius 2 is 1.59 bits per heavy atom. The van der Waals surface area contributed by atoms with Crippen LogP contribution in [0.2, 0.25) is 0 Å². The number of fused-ring (bicyclic) bond motifs is 5. The molecule has 1 aliphatic rings. The van der Waals surface area contributed by atoms with Crippen LogP contribution in [0.3, 0.4) is 0 Å². The number of hydrogen-bond acceptors (Lipinski definition) is 6. The van der Waals surface area contributed by atoms with Gasteiger partial charge in [0.25, 0.3) is 0 Å². The molecule has 1 atom stereocenters. The number of nitrogens with zero attached hydrogens (tertiary/aromatic N) is 2. The molecular weight excluding hydrogens is 367 g/mol. The molecular formula is C22H15BN2O4. The van der Waals surface area contributed by atoms with E-state index in [-0.39, 0.29) is 11.9 Å². The maximum absolute atomic E-state index is 12.6. The van der Waals surface area contributed by atoms with Gasteiger partial charge in [-0.2, -0.15) is 0 Å². The molecule has 1 unspecified atom stereocenters. The van der Waals surface area contributed by atoms with Crippen LogP contribution in [0.15, 0.2) is 60.9 Å². The van der Waals surface area contributed by atoms with Gasteiger partial charge in [-0.1, -0.05) is 42.5 Å². The molecule has 2 N–H and O–H groups in total. The second-order valence-corrected chi connectivity index (χ2v) is 7.17. The number of carbonyl (C=O) groups excluding carboxylic acids is 2. The summed E-state index contributed by atoms with van der Waals surface area (Å²) in [6.45, 7) is 0. The first-order chi connectivity index (χ1) is 14.0. The molecule has 3 aromatic carbocycles. The fraction of sp³-hybridized carbons (Fsp3) is 0.0909. The molecule has 0 spiro atoms. The number of carbonyl (C=O) groups is 2. The molecule has 29 heavy (non-hydrogen) atoms. The molecule has 1 aliphatic carbocycles. The van der Waals surface area contributed by atoms with Gasteiger partial charge in [0.15, 0.2) is 0 Å². The summed E-state index contributed by atoms with van der Waals surface area (Å²) in [6, 6.07) is 15.6. The zero-order chi connectivity index (χ0) is 20.1. The lowest BCUT2D eigenvalue weighted by Crippen LogP contribution is -2.32. The first-order valence-corrected chi connectivity index (χ1v) is 9.24. The van der Waals surface area contributed by atoms with Crippen molar-refractivity contribution < 1.29 is 19.6 Å². The Bertz CT molecular complexity index is 1300. The van der Waals surface area contributed by atoms with Crippen LogP contribution in [-0.4, -0.2) is 38.7 Å². The van der Waals surface area contributed by atoms with Crippen LogP contribution in [0.25, 0.3) is 21.5 Å². The van der Waals surface area contributed by atoms with Gasteiger partial charge < -0.3 is 10.0 Å². The third-order valence-electron chi connectivity index (χ3n) is 5.51. The molecule has 0 radical (unpaired) electrons. The molecule has 0 fully saturated rings. The van der Waals surface area contributed by atoms with Crippen molar-refractivity contribution in [3.8, 4) is 0 Å². The van der Waals surface area contributed by atoms with Gasteiger partial charge >= 0.3 is 7.12 Å². The van der Waals surface area contributed by atoms with Crippen molar-refractivity contribution >= 4 is 45.7 Å². The Balaban J connectivity index is 1.78. The summed E-state index contributed by atoms with van der Waals surface area (Å²) >= 11 is 0. The highest BCUT2D eigenvalue weighted by Crippen LogP contribution is 2.40. The van der Waals surface area contributed by atoms with E-state index in [0.717, 1.165) is 27.1 Å². The van der Waals surface area contributed by atoms with E-state index in [1.165, 1.54) is 12.4 Å². The molecule has 7 heteroatoms. The van der Waals surface area contributed by atoms with Gasteiger partial charge in [0.2, 0.25) is 11.6 Å². The summed E-state index contributed by atoms with van der Waals surface area (Å²) in [5.74, 6) is -1.08. The number of aromatic nitrogens is 2. The molecule has 0 saturated heterocycles. The fourth-order valence-corrected chi connectivity index (χ4v) is 4.10. The van der Waals surface area contributed by atoms with Crippen LogP contribution in [-0.2, 0) is 4.79 Å². The Morgan fingerprint density at radius 1 is 0.862 bits per heavy atom. The third-order valence-corrected chi connectivity index (χ3v) is 5.51. The lowest BCUT2D eigenvalue weighted by molar-refractivity contribution is -0.115. The number of hydrogen-bond donors (Lipinski definition) is 2. The van der Waals surface area contributed by atoms with Gasteiger partial charge in [0, 0.05) is 29.8 Å². The number of rotatable bonds is 2. The van der Waals surface area contributed by atoms with Crippen molar-refractivity contribution in [1.29, 1.82) is 0 Å². The molecule has 0 saturated carbocycles. The largest absolute Gasteiger partial charge is 0.491 e. The van der Waals surface area contributed by atoms with Crippen molar-refractivity contribution in [2.45, 2.75) is 12.3 Å². The van der Waals surface area contributed by atoms with Crippen molar-refractivity contribution in [3.05, 3.63) is 77.9 Å². The minimum atomic E-state index is -1.67. The van der Waals surface area contributed by atoms with E-state index in [4.69, 9.17) is 0 Å². The maximum atomic E-state index is 12.6. The highest BCUT2D eigenvalue weighted by atomic mass is 16.4. The summed E-state index contributed by atoms with van der Waals surface area (Å²) < 4.78 is 0. The smallest absolute Gasteiger partial charge is 0.423 e. The molecule has 6 nitrogen and oxygen atoms in total. The SMILES string of the molecule is O=C1CC(c2ncc(B(O)O)cn2)c2c(ccc3c2ccc2ccccc23)C1=O. The Hall–Kier alpha value is -3.42. The quantitative estimate of drug-likeness (QED) is 0.311. The van der Waals surface area contributed by atoms with Crippen LogP contribution < -0.4 is 5.46 Å². The van der Waals surface area contributed by atoms with Crippen LogP contribution in [0.4, 0.5) is 0 Å². The molecule has 0 aliphatic heterocycles. The third kappa shape index (κ3) is 2.75. The number of benzene rings is 3. The van der Waals surface area contributed by atoms with Crippen molar-refractivity contribution in [1.82, 2.24) is 9.97 Å². The Kier molecular flexibility index (Phi) is 4.01. The summed E-state index contributed by atoms with van der Waals surface area (Å²) in [4.78, 5) is 33.5. The molecule has 0 bridgehead atoms. The maximum Gasteiger partial charge on any atom is 0.491 e. The molecule has 140 valence electrons. The van der Waals surface area contributed by atoms with E-state index in [2.05, 4.69) is 9.97 Å². The predicted octanol–water partition coefficient (Wildman–Crippen LogP) is 1.75. The average Bonchev–Trinajstić information content (AvgIpc) is 2.75. The minimum Gasteiger partial charge on any atom is -0.423 e. The predicted molar refractivity (Wildman–Crippen MR) is 109 cm³/mol. The lowest BCUT2D eigenvalue weighted by Gasteiger charge is -2.25. The zero-order valence-electron chi connectivity index (χ0n) is 15.2. The van der Waals surface area contributed by atoms with Gasteiger partial charge in [-0.05, 0) is 33.2 Å². The van der Waals surface area contributed by atoms with E-state index in [1.54, 1.807) is 6.07 Å². The average molecular weight is 382 g/mol. The highest BCUT2D eigenvalue weighted by Gasteiger charge is 2.36. The molecule has 0 amide bonds. The van der Waals surface area contributed by atoms with Gasteiger partial charge in [0.1, 0.15) is 5.82 Å². The van der Waals surface area contributed by atoms with Crippen LogP contribution in [0.1, 0.15) is 34.1 Å². The summed E-state index contributed by atoms with van der Waals surface area (Å²) in [5.41, 5.74) is 1.29. The van der Waals surface area contributed by atoms with Gasteiger partial charge in [-0.25, -0.2) is 9.97 Å². The zero-order valence-corrected chi connectivity index (χ0v) is 15.2. The van der Waals surface area contributed by atoms with Crippen LogP contribution >= 0.6 is 0 Å². The van der Waals surface area contributed by atoms with E-state index >= 15 is 0 Å². The number of Topliss-reactive ketones (excluding diaryl/α,β-unsaturated/α-hetero) is 2. The van der Waals surface area contributed by atoms with Gasteiger partial charge in [0.05, 0.1) is 5.92 Å². The highest BCUT2D eigenvalue weighted by molar-refractivity contribution is 6.58. The van der Waals surface area contributed by atoms with E-state index in [1.807, 2.05) is 42.5 Å². The van der Waals surface area contributed by atoms with Crippen LogP contribution in [0, 0.1) is 0 Å². The summed E-state index contributed by atoms with van der Waals surface area (Å²) in [7, 11) is -1.67. The minimum absolute atomic E-state index is 0.0151. The summed E-state index contributed by atoms with van der Waals surface area (Å²) in [5, 5.41) is 22.6. The first kappa shape index (κ1) is 17.7. The Morgan fingerprint density at radius 3 is 2.34 bits per heavy atom. The molecule has 5 rings (SSSR count). The fourth-order valence-electron chi connectivity index (χ4n) is 4.10. The van der Waals surface area contributed by atoms with Crippen molar-refractivity contribution in [2.24, 2.45) is 0 Å². The molecule has 1 aromatic heterocycles. The molecule has 4 aromatic rings. The van der Waals surface area contributed by atoms with Gasteiger partial charge in [-0.3, -0.25) is 9.59 Å².